The Bertz CT molecular complexity index is 464. The maximum atomic E-state index is 12.0. The van der Waals surface area contributed by atoms with Crippen LogP contribution >= 0.6 is 0 Å². The molecule has 1 atom stereocenters. The Morgan fingerprint density at radius 2 is 2.11 bits per heavy atom. The van der Waals surface area contributed by atoms with E-state index in [0.717, 1.165) is 31.6 Å². The SMILES string of the molecule is O=C(CC1CCNC1)Nc1ccc2c(c1)CCCC2. The number of amides is 1. The minimum Gasteiger partial charge on any atom is -0.326 e. The van der Waals surface area contributed by atoms with E-state index in [4.69, 9.17) is 0 Å². The molecule has 0 aromatic heterocycles. The largest absolute Gasteiger partial charge is 0.326 e. The zero-order valence-electron chi connectivity index (χ0n) is 11.4. The van der Waals surface area contributed by atoms with Gasteiger partial charge in [-0.05, 0) is 74.4 Å². The Hall–Kier alpha value is -1.35. The molecule has 1 fully saturated rings. The molecule has 0 saturated carbocycles. The lowest BCUT2D eigenvalue weighted by molar-refractivity contribution is -0.116. The highest BCUT2D eigenvalue weighted by molar-refractivity contribution is 5.91. The predicted octanol–water partition coefficient (Wildman–Crippen LogP) is 2.50. The minimum absolute atomic E-state index is 0.157. The Labute approximate surface area is 114 Å². The number of fused-ring (bicyclic) bond motifs is 1. The monoisotopic (exact) mass is 258 g/mol. The second-order valence-corrected chi connectivity index (χ2v) is 5.80. The van der Waals surface area contributed by atoms with Gasteiger partial charge in [-0.2, -0.15) is 0 Å². The number of carbonyl (C=O) groups is 1. The van der Waals surface area contributed by atoms with Crippen molar-refractivity contribution in [2.45, 2.75) is 38.5 Å². The first-order valence-corrected chi connectivity index (χ1v) is 7.43. The second-order valence-electron chi connectivity index (χ2n) is 5.80. The van der Waals surface area contributed by atoms with E-state index in [2.05, 4.69) is 28.8 Å². The van der Waals surface area contributed by atoms with Gasteiger partial charge < -0.3 is 10.6 Å². The fourth-order valence-electron chi connectivity index (χ4n) is 3.17. The van der Waals surface area contributed by atoms with Gasteiger partial charge in [0.1, 0.15) is 0 Å². The standard InChI is InChI=1S/C16H22N2O/c19-16(9-12-7-8-17-11-12)18-15-6-5-13-3-1-2-4-14(13)10-15/h5-6,10,12,17H,1-4,7-9,11H2,(H,18,19). The van der Waals surface area contributed by atoms with Crippen molar-refractivity contribution in [1.29, 1.82) is 0 Å². The quantitative estimate of drug-likeness (QED) is 0.874. The van der Waals surface area contributed by atoms with E-state index in [1.807, 2.05) is 0 Å². The average molecular weight is 258 g/mol. The summed E-state index contributed by atoms with van der Waals surface area (Å²) in [6, 6.07) is 6.40. The molecule has 1 aliphatic heterocycles. The maximum Gasteiger partial charge on any atom is 0.224 e. The first-order valence-electron chi connectivity index (χ1n) is 7.43. The van der Waals surface area contributed by atoms with Crippen molar-refractivity contribution < 1.29 is 4.79 Å². The number of anilines is 1. The smallest absolute Gasteiger partial charge is 0.224 e. The number of rotatable bonds is 3. The third-order valence-electron chi connectivity index (χ3n) is 4.27. The van der Waals surface area contributed by atoms with Crippen LogP contribution in [-0.4, -0.2) is 19.0 Å². The summed E-state index contributed by atoms with van der Waals surface area (Å²) in [5.41, 5.74) is 3.85. The molecule has 3 heteroatoms. The normalized spacial score (nSPS) is 22.0. The summed E-state index contributed by atoms with van der Waals surface area (Å²) in [5.74, 6) is 0.669. The molecule has 19 heavy (non-hydrogen) atoms. The van der Waals surface area contributed by atoms with Crippen LogP contribution < -0.4 is 10.6 Å². The lowest BCUT2D eigenvalue weighted by atomic mass is 9.91. The van der Waals surface area contributed by atoms with Gasteiger partial charge in [0.05, 0.1) is 0 Å². The fraction of sp³-hybridized carbons (Fsp3) is 0.562. The van der Waals surface area contributed by atoms with Crippen molar-refractivity contribution in [3.05, 3.63) is 29.3 Å². The molecule has 1 heterocycles. The van der Waals surface area contributed by atoms with Crippen molar-refractivity contribution in [1.82, 2.24) is 5.32 Å². The molecule has 0 radical (unpaired) electrons. The van der Waals surface area contributed by atoms with Gasteiger partial charge in [-0.1, -0.05) is 6.07 Å². The molecule has 0 spiro atoms. The number of benzene rings is 1. The molecule has 1 unspecified atom stereocenters. The summed E-state index contributed by atoms with van der Waals surface area (Å²) in [4.78, 5) is 12.0. The van der Waals surface area contributed by atoms with Crippen LogP contribution in [0.25, 0.3) is 0 Å². The summed E-state index contributed by atoms with van der Waals surface area (Å²) >= 11 is 0. The molecule has 1 aliphatic carbocycles. The Morgan fingerprint density at radius 1 is 1.26 bits per heavy atom. The van der Waals surface area contributed by atoms with E-state index in [1.165, 1.54) is 30.4 Å². The van der Waals surface area contributed by atoms with Crippen molar-refractivity contribution in [2.24, 2.45) is 5.92 Å². The lowest BCUT2D eigenvalue weighted by Gasteiger charge is -2.17. The summed E-state index contributed by atoms with van der Waals surface area (Å²) in [7, 11) is 0. The van der Waals surface area contributed by atoms with Crippen LogP contribution in [0.1, 0.15) is 36.8 Å². The molecule has 1 aromatic rings. The molecule has 1 amide bonds. The van der Waals surface area contributed by atoms with Crippen LogP contribution in [0, 0.1) is 5.92 Å². The highest BCUT2D eigenvalue weighted by Gasteiger charge is 2.18. The van der Waals surface area contributed by atoms with Gasteiger partial charge in [0.2, 0.25) is 5.91 Å². The number of aryl methyl sites for hydroxylation is 2. The van der Waals surface area contributed by atoms with Gasteiger partial charge in [0.25, 0.3) is 0 Å². The zero-order chi connectivity index (χ0) is 13.1. The average Bonchev–Trinajstić information content (AvgIpc) is 2.91. The second kappa shape index (κ2) is 5.74. The molecule has 0 bridgehead atoms. The number of nitrogens with one attached hydrogen (secondary N) is 2. The molecule has 1 aromatic carbocycles. The number of hydrogen-bond acceptors (Lipinski definition) is 2. The van der Waals surface area contributed by atoms with Gasteiger partial charge in [-0.3, -0.25) is 4.79 Å². The first kappa shape index (κ1) is 12.7. The molecule has 3 nitrogen and oxygen atoms in total. The summed E-state index contributed by atoms with van der Waals surface area (Å²) < 4.78 is 0. The highest BCUT2D eigenvalue weighted by atomic mass is 16.1. The van der Waals surface area contributed by atoms with E-state index < -0.39 is 0 Å². The topological polar surface area (TPSA) is 41.1 Å². The summed E-state index contributed by atoms with van der Waals surface area (Å²) in [5, 5.41) is 6.35. The number of carbonyl (C=O) groups excluding carboxylic acids is 1. The van der Waals surface area contributed by atoms with Gasteiger partial charge in [0.15, 0.2) is 0 Å². The van der Waals surface area contributed by atoms with Crippen LogP contribution in [0.4, 0.5) is 5.69 Å². The van der Waals surface area contributed by atoms with Gasteiger partial charge in [-0.15, -0.1) is 0 Å². The van der Waals surface area contributed by atoms with Crippen LogP contribution in [-0.2, 0) is 17.6 Å². The van der Waals surface area contributed by atoms with Gasteiger partial charge >= 0.3 is 0 Å². The van der Waals surface area contributed by atoms with Gasteiger partial charge in [-0.25, -0.2) is 0 Å². The Kier molecular flexibility index (Phi) is 3.83. The molecular weight excluding hydrogens is 236 g/mol. The van der Waals surface area contributed by atoms with Crippen LogP contribution in [0.3, 0.4) is 0 Å². The maximum absolute atomic E-state index is 12.0. The van der Waals surface area contributed by atoms with Crippen LogP contribution in [0.5, 0.6) is 0 Å². The summed E-state index contributed by atoms with van der Waals surface area (Å²) in [6.45, 7) is 2.04. The van der Waals surface area contributed by atoms with Crippen LogP contribution in [0.2, 0.25) is 0 Å². The van der Waals surface area contributed by atoms with E-state index in [1.54, 1.807) is 0 Å². The molecule has 1 saturated heterocycles. The Morgan fingerprint density at radius 3 is 2.89 bits per heavy atom. The van der Waals surface area contributed by atoms with E-state index in [0.29, 0.717) is 12.3 Å². The highest BCUT2D eigenvalue weighted by Crippen LogP contribution is 2.24. The third kappa shape index (κ3) is 3.16. The molecular formula is C16H22N2O. The fourth-order valence-corrected chi connectivity index (χ4v) is 3.17. The third-order valence-corrected chi connectivity index (χ3v) is 4.27. The lowest BCUT2D eigenvalue weighted by Crippen LogP contribution is -2.18. The zero-order valence-corrected chi connectivity index (χ0v) is 11.4. The van der Waals surface area contributed by atoms with Crippen molar-refractivity contribution in [2.75, 3.05) is 18.4 Å². The van der Waals surface area contributed by atoms with Crippen LogP contribution in [0.15, 0.2) is 18.2 Å². The predicted molar refractivity (Wildman–Crippen MR) is 77.3 cm³/mol. The molecule has 102 valence electrons. The molecule has 3 rings (SSSR count). The molecule has 2 aliphatic rings. The van der Waals surface area contributed by atoms with E-state index in [9.17, 15) is 4.79 Å². The molecule has 2 N–H and O–H groups in total. The van der Waals surface area contributed by atoms with Crippen molar-refractivity contribution >= 4 is 11.6 Å². The van der Waals surface area contributed by atoms with Gasteiger partial charge in [0, 0.05) is 12.1 Å². The Balaban J connectivity index is 1.61. The first-order chi connectivity index (χ1) is 9.31. The van der Waals surface area contributed by atoms with E-state index >= 15 is 0 Å². The number of hydrogen-bond donors (Lipinski definition) is 2. The van der Waals surface area contributed by atoms with Crippen molar-refractivity contribution in [3.63, 3.8) is 0 Å². The summed E-state index contributed by atoms with van der Waals surface area (Å²) in [6.07, 6.45) is 6.69. The van der Waals surface area contributed by atoms with Crippen molar-refractivity contribution in [3.8, 4) is 0 Å². The minimum atomic E-state index is 0.157. The van der Waals surface area contributed by atoms with E-state index in [-0.39, 0.29) is 5.91 Å².